The van der Waals surface area contributed by atoms with E-state index in [1.165, 1.54) is 0 Å². The van der Waals surface area contributed by atoms with Crippen molar-refractivity contribution in [2.45, 2.75) is 32.4 Å². The maximum atomic E-state index is 12.1. The predicted molar refractivity (Wildman–Crippen MR) is 88.0 cm³/mol. The molecular formula is C16H28N4O3. The molecule has 2 N–H and O–H groups in total. The van der Waals surface area contributed by atoms with E-state index in [9.17, 15) is 14.7 Å². The number of nitrogens with zero attached hydrogens (tertiary/aromatic N) is 3. The van der Waals surface area contributed by atoms with E-state index < -0.39 is 17.7 Å². The van der Waals surface area contributed by atoms with Crippen LogP contribution in [0, 0.1) is 0 Å². The first-order valence-electron chi connectivity index (χ1n) is 8.10. The van der Waals surface area contributed by atoms with Gasteiger partial charge in [0.1, 0.15) is 5.54 Å². The highest BCUT2D eigenvalue weighted by Crippen LogP contribution is 2.17. The van der Waals surface area contributed by atoms with Gasteiger partial charge in [0.05, 0.1) is 12.6 Å². The highest BCUT2D eigenvalue weighted by Gasteiger charge is 2.44. The quantitative estimate of drug-likeness (QED) is 0.526. The van der Waals surface area contributed by atoms with Crippen molar-refractivity contribution in [2.75, 3.05) is 45.8 Å². The Kier molecular flexibility index (Phi) is 5.44. The van der Waals surface area contributed by atoms with Gasteiger partial charge < -0.3 is 10.4 Å². The number of imide groups is 1. The van der Waals surface area contributed by atoms with E-state index in [2.05, 4.69) is 21.7 Å². The second kappa shape index (κ2) is 6.98. The summed E-state index contributed by atoms with van der Waals surface area (Å²) in [5.74, 6) is -0.284. The van der Waals surface area contributed by atoms with E-state index in [0.29, 0.717) is 6.54 Å². The van der Waals surface area contributed by atoms with Gasteiger partial charge >= 0.3 is 6.03 Å². The van der Waals surface area contributed by atoms with Crippen LogP contribution in [0.1, 0.15) is 20.8 Å². The van der Waals surface area contributed by atoms with Crippen LogP contribution in [0.5, 0.6) is 0 Å². The van der Waals surface area contributed by atoms with Crippen LogP contribution in [0.15, 0.2) is 12.2 Å². The van der Waals surface area contributed by atoms with Gasteiger partial charge in [-0.05, 0) is 20.8 Å². The largest absolute Gasteiger partial charge is 0.390 e. The third-order valence-electron chi connectivity index (χ3n) is 4.27. The van der Waals surface area contributed by atoms with Crippen LogP contribution >= 0.6 is 0 Å². The van der Waals surface area contributed by atoms with E-state index in [1.807, 2.05) is 6.92 Å². The number of amides is 3. The lowest BCUT2D eigenvalue weighted by Crippen LogP contribution is -2.50. The van der Waals surface area contributed by atoms with Gasteiger partial charge in [-0.15, -0.1) is 0 Å². The van der Waals surface area contributed by atoms with Crippen LogP contribution in [0.2, 0.25) is 0 Å². The highest BCUT2D eigenvalue weighted by molar-refractivity contribution is 6.06. The van der Waals surface area contributed by atoms with Crippen LogP contribution in [0.4, 0.5) is 4.79 Å². The SMILES string of the molecule is C=C(C)CN1CCN(CC(O)CN2C(=O)NC(C)(C)C2=O)CC1. The Morgan fingerprint density at radius 2 is 1.78 bits per heavy atom. The Labute approximate surface area is 137 Å². The molecule has 2 heterocycles. The zero-order valence-electron chi connectivity index (χ0n) is 14.3. The highest BCUT2D eigenvalue weighted by atomic mass is 16.3. The standard InChI is InChI=1S/C16H28N4O3/c1-12(2)9-18-5-7-19(8-6-18)10-13(21)11-20-14(22)16(3,4)17-15(20)23/h13,21H,1,5-11H2,2-4H3,(H,17,23). The minimum atomic E-state index is -0.884. The number of rotatable bonds is 6. The maximum absolute atomic E-state index is 12.1. The number of aliphatic hydroxyl groups excluding tert-OH is 1. The molecular weight excluding hydrogens is 296 g/mol. The normalized spacial score (nSPS) is 23.9. The molecule has 0 aliphatic carbocycles. The zero-order chi connectivity index (χ0) is 17.2. The second-order valence-electron chi connectivity index (χ2n) is 7.16. The van der Waals surface area contributed by atoms with Gasteiger partial charge in [-0.25, -0.2) is 4.79 Å². The van der Waals surface area contributed by atoms with Gasteiger partial charge in [-0.1, -0.05) is 12.2 Å². The van der Waals surface area contributed by atoms with Gasteiger partial charge in [0, 0.05) is 39.3 Å². The third-order valence-corrected chi connectivity index (χ3v) is 4.27. The Balaban J connectivity index is 1.78. The second-order valence-corrected chi connectivity index (χ2v) is 7.16. The van der Waals surface area contributed by atoms with Crippen LogP contribution in [0.3, 0.4) is 0 Å². The van der Waals surface area contributed by atoms with Crippen LogP contribution < -0.4 is 5.32 Å². The third kappa shape index (κ3) is 4.53. The van der Waals surface area contributed by atoms with Crippen molar-refractivity contribution in [1.82, 2.24) is 20.0 Å². The summed E-state index contributed by atoms with van der Waals surface area (Å²) in [6, 6.07) is -0.426. The molecule has 0 spiro atoms. The Hall–Kier alpha value is -1.44. The number of aliphatic hydroxyl groups is 1. The Bertz CT molecular complexity index is 484. The first kappa shape index (κ1) is 17.9. The monoisotopic (exact) mass is 324 g/mol. The average Bonchev–Trinajstić information content (AvgIpc) is 2.62. The van der Waals surface area contributed by atoms with Crippen molar-refractivity contribution in [3.8, 4) is 0 Å². The summed E-state index contributed by atoms with van der Waals surface area (Å²) < 4.78 is 0. The first-order valence-corrected chi connectivity index (χ1v) is 8.10. The van der Waals surface area contributed by atoms with Gasteiger partial charge in [-0.3, -0.25) is 19.5 Å². The van der Waals surface area contributed by atoms with Crippen molar-refractivity contribution < 1.29 is 14.7 Å². The molecule has 1 unspecified atom stereocenters. The molecule has 130 valence electrons. The topological polar surface area (TPSA) is 76.1 Å². The maximum Gasteiger partial charge on any atom is 0.325 e. The molecule has 0 aromatic carbocycles. The Morgan fingerprint density at radius 1 is 1.22 bits per heavy atom. The molecule has 2 rings (SSSR count). The van der Waals surface area contributed by atoms with Crippen molar-refractivity contribution in [3.05, 3.63) is 12.2 Å². The molecule has 2 fully saturated rings. The molecule has 0 aromatic rings. The summed E-state index contributed by atoms with van der Waals surface area (Å²) in [5, 5.41) is 12.9. The van der Waals surface area contributed by atoms with E-state index in [1.54, 1.807) is 13.8 Å². The molecule has 2 saturated heterocycles. The zero-order valence-corrected chi connectivity index (χ0v) is 14.3. The Morgan fingerprint density at radius 3 is 2.26 bits per heavy atom. The smallest absolute Gasteiger partial charge is 0.325 e. The van der Waals surface area contributed by atoms with Gasteiger partial charge in [0.15, 0.2) is 0 Å². The van der Waals surface area contributed by atoms with E-state index in [0.717, 1.165) is 43.2 Å². The number of urea groups is 1. The van der Waals surface area contributed by atoms with Crippen molar-refractivity contribution in [2.24, 2.45) is 0 Å². The van der Waals surface area contributed by atoms with E-state index >= 15 is 0 Å². The molecule has 0 radical (unpaired) electrons. The number of hydrogen-bond donors (Lipinski definition) is 2. The van der Waals surface area contributed by atoms with Gasteiger partial charge in [0.2, 0.25) is 0 Å². The number of carbonyl (C=O) groups is 2. The fraction of sp³-hybridized carbons (Fsp3) is 0.750. The fourth-order valence-corrected chi connectivity index (χ4v) is 3.06. The van der Waals surface area contributed by atoms with Crippen molar-refractivity contribution >= 4 is 11.9 Å². The molecule has 2 aliphatic heterocycles. The summed E-state index contributed by atoms with van der Waals surface area (Å²) >= 11 is 0. The fourth-order valence-electron chi connectivity index (χ4n) is 3.06. The minimum Gasteiger partial charge on any atom is -0.390 e. The summed E-state index contributed by atoms with van der Waals surface area (Å²) in [7, 11) is 0. The number of β-amino-alcohol motifs (C(OH)–C–C–N with tert-alkyl or cyclic N) is 1. The number of hydrogen-bond acceptors (Lipinski definition) is 5. The molecule has 0 aromatic heterocycles. The lowest BCUT2D eigenvalue weighted by atomic mass is 10.1. The molecule has 1 atom stereocenters. The van der Waals surface area contributed by atoms with E-state index in [-0.39, 0.29) is 12.5 Å². The van der Waals surface area contributed by atoms with Gasteiger partial charge in [0.25, 0.3) is 5.91 Å². The summed E-state index contributed by atoms with van der Waals surface area (Å²) in [6.07, 6.45) is -0.730. The number of piperazine rings is 1. The van der Waals surface area contributed by atoms with E-state index in [4.69, 9.17) is 0 Å². The van der Waals surface area contributed by atoms with Crippen LogP contribution in [0.25, 0.3) is 0 Å². The molecule has 7 heteroatoms. The average molecular weight is 324 g/mol. The first-order chi connectivity index (χ1) is 10.7. The lowest BCUT2D eigenvalue weighted by Gasteiger charge is -2.36. The van der Waals surface area contributed by atoms with Crippen LogP contribution in [-0.4, -0.2) is 89.2 Å². The molecule has 23 heavy (non-hydrogen) atoms. The molecule has 2 aliphatic rings. The molecule has 0 bridgehead atoms. The summed E-state index contributed by atoms with van der Waals surface area (Å²) in [4.78, 5) is 29.6. The summed E-state index contributed by atoms with van der Waals surface area (Å²) in [6.45, 7) is 14.3. The predicted octanol–water partition coefficient (Wildman–Crippen LogP) is -0.129. The number of nitrogens with one attached hydrogen (secondary N) is 1. The lowest BCUT2D eigenvalue weighted by molar-refractivity contribution is -0.131. The van der Waals surface area contributed by atoms with Gasteiger partial charge in [-0.2, -0.15) is 0 Å². The summed E-state index contributed by atoms with van der Waals surface area (Å²) in [5.41, 5.74) is 0.269. The van der Waals surface area contributed by atoms with Crippen molar-refractivity contribution in [3.63, 3.8) is 0 Å². The number of carbonyl (C=O) groups excluding carboxylic acids is 2. The molecule has 0 saturated carbocycles. The minimum absolute atomic E-state index is 0.0417. The van der Waals surface area contributed by atoms with Crippen LogP contribution in [-0.2, 0) is 4.79 Å². The van der Waals surface area contributed by atoms with Crippen molar-refractivity contribution in [1.29, 1.82) is 0 Å². The molecule has 7 nitrogen and oxygen atoms in total. The molecule has 3 amide bonds.